The van der Waals surface area contributed by atoms with E-state index in [1.54, 1.807) is 0 Å². The van der Waals surface area contributed by atoms with Gasteiger partial charge in [-0.3, -0.25) is 0 Å². The first-order chi connectivity index (χ1) is 27.0. The second-order valence-electron chi connectivity index (χ2n) is 15.2. The Hall–Kier alpha value is -6.97. The van der Waals surface area contributed by atoms with Crippen LogP contribution in [-0.4, -0.2) is 15.0 Å². The highest BCUT2D eigenvalue weighted by Crippen LogP contribution is 2.55. The molecule has 3 nitrogen and oxygen atoms in total. The van der Waals surface area contributed by atoms with Crippen molar-refractivity contribution in [1.29, 1.82) is 0 Å². The summed E-state index contributed by atoms with van der Waals surface area (Å²) in [4.78, 5) is 15.4. The Labute approximate surface area is 319 Å². The zero-order valence-electron chi connectivity index (χ0n) is 30.6. The zero-order valence-corrected chi connectivity index (χ0v) is 30.6. The molecule has 1 aromatic heterocycles. The Kier molecular flexibility index (Phi) is 6.90. The maximum Gasteiger partial charge on any atom is 0.164 e. The lowest BCUT2D eigenvalue weighted by Crippen LogP contribution is -2.15. The van der Waals surface area contributed by atoms with Crippen LogP contribution in [0, 0.1) is 0 Å². The van der Waals surface area contributed by atoms with Gasteiger partial charge in [-0.15, -0.1) is 0 Å². The Morgan fingerprint density at radius 2 is 0.800 bits per heavy atom. The summed E-state index contributed by atoms with van der Waals surface area (Å²) in [6, 6.07) is 63.0. The zero-order chi connectivity index (χ0) is 36.7. The highest BCUT2D eigenvalue weighted by Gasteiger charge is 2.38. The van der Waals surface area contributed by atoms with Gasteiger partial charge in [-0.05, 0) is 82.5 Å². The molecule has 55 heavy (non-hydrogen) atoms. The van der Waals surface area contributed by atoms with E-state index in [-0.39, 0.29) is 5.41 Å². The molecule has 9 aromatic carbocycles. The number of hydrogen-bond donors (Lipinski definition) is 0. The first-order valence-corrected chi connectivity index (χ1v) is 18.9. The SMILES string of the molecule is CC1(C)c2cc(-c3ccc(-c4nc(-c5cccc6ccccc56)nc(-c5cccc6ccccc56)n4)cc3)ccc2-c2c1c1ccccc1c1ccccc21. The maximum absolute atomic E-state index is 5.15. The molecule has 0 saturated heterocycles. The maximum atomic E-state index is 5.15. The van der Waals surface area contributed by atoms with Crippen LogP contribution in [0.1, 0.15) is 25.0 Å². The minimum atomic E-state index is -0.162. The van der Waals surface area contributed by atoms with Gasteiger partial charge in [0.05, 0.1) is 0 Å². The number of hydrogen-bond acceptors (Lipinski definition) is 3. The summed E-state index contributed by atoms with van der Waals surface area (Å²) < 4.78 is 0. The number of nitrogens with zero attached hydrogens (tertiary/aromatic N) is 3. The molecule has 0 amide bonds. The third-order valence-electron chi connectivity index (χ3n) is 11.7. The predicted octanol–water partition coefficient (Wildman–Crippen LogP) is 13.5. The largest absolute Gasteiger partial charge is 0.208 e. The van der Waals surface area contributed by atoms with Gasteiger partial charge in [0.15, 0.2) is 17.5 Å². The molecule has 0 spiro atoms. The predicted molar refractivity (Wildman–Crippen MR) is 229 cm³/mol. The van der Waals surface area contributed by atoms with E-state index in [0.717, 1.165) is 43.8 Å². The van der Waals surface area contributed by atoms with Crippen molar-refractivity contribution in [2.24, 2.45) is 0 Å². The molecule has 0 bridgehead atoms. The quantitative estimate of drug-likeness (QED) is 0.171. The Morgan fingerprint density at radius 3 is 1.42 bits per heavy atom. The van der Waals surface area contributed by atoms with Gasteiger partial charge < -0.3 is 0 Å². The third-order valence-corrected chi connectivity index (χ3v) is 11.7. The minimum Gasteiger partial charge on any atom is -0.208 e. The summed E-state index contributed by atoms with van der Waals surface area (Å²) in [6.45, 7) is 4.77. The van der Waals surface area contributed by atoms with Gasteiger partial charge in [-0.1, -0.05) is 184 Å². The lowest BCUT2D eigenvalue weighted by Gasteiger charge is -2.24. The van der Waals surface area contributed by atoms with Gasteiger partial charge in [0.25, 0.3) is 0 Å². The van der Waals surface area contributed by atoms with Gasteiger partial charge in [0.2, 0.25) is 0 Å². The first kappa shape index (κ1) is 31.5. The molecule has 0 N–H and O–H groups in total. The summed E-state index contributed by atoms with van der Waals surface area (Å²) in [5.74, 6) is 1.97. The van der Waals surface area contributed by atoms with Gasteiger partial charge >= 0.3 is 0 Å². The summed E-state index contributed by atoms with van der Waals surface area (Å²) in [6.07, 6.45) is 0. The average molecular weight is 702 g/mol. The van der Waals surface area contributed by atoms with Crippen molar-refractivity contribution in [3.05, 3.63) is 187 Å². The molecule has 258 valence electrons. The first-order valence-electron chi connectivity index (χ1n) is 18.9. The normalized spacial score (nSPS) is 13.1. The lowest BCUT2D eigenvalue weighted by atomic mass is 9.79. The fourth-order valence-electron chi connectivity index (χ4n) is 9.06. The van der Waals surface area contributed by atoms with Crippen LogP contribution in [0.5, 0.6) is 0 Å². The van der Waals surface area contributed by atoms with E-state index >= 15 is 0 Å². The molecule has 3 heteroatoms. The van der Waals surface area contributed by atoms with Crippen LogP contribution >= 0.6 is 0 Å². The fraction of sp³-hybridized carbons (Fsp3) is 0.0577. The van der Waals surface area contributed by atoms with E-state index in [4.69, 9.17) is 15.0 Å². The van der Waals surface area contributed by atoms with Gasteiger partial charge in [0, 0.05) is 22.1 Å². The molecule has 1 aliphatic rings. The molecule has 0 aliphatic heterocycles. The molecular formula is C52H35N3. The number of benzene rings is 9. The molecule has 10 aromatic rings. The third kappa shape index (κ3) is 4.86. The Balaban J connectivity index is 1.03. The van der Waals surface area contributed by atoms with Gasteiger partial charge in [0.1, 0.15) is 0 Å². The van der Waals surface area contributed by atoms with E-state index < -0.39 is 0 Å². The lowest BCUT2D eigenvalue weighted by molar-refractivity contribution is 0.667. The highest BCUT2D eigenvalue weighted by molar-refractivity contribution is 6.18. The molecule has 1 heterocycles. The summed E-state index contributed by atoms with van der Waals surface area (Å²) in [5.41, 5.74) is 10.6. The van der Waals surface area contributed by atoms with Crippen LogP contribution in [0.25, 0.3) is 99.5 Å². The summed E-state index contributed by atoms with van der Waals surface area (Å²) in [7, 11) is 0. The van der Waals surface area contributed by atoms with Crippen molar-refractivity contribution in [3.8, 4) is 56.4 Å². The number of fused-ring (bicyclic) bond motifs is 10. The van der Waals surface area contributed by atoms with E-state index in [0.29, 0.717) is 17.5 Å². The van der Waals surface area contributed by atoms with Gasteiger partial charge in [-0.2, -0.15) is 0 Å². The second kappa shape index (κ2) is 12.0. The van der Waals surface area contributed by atoms with E-state index in [2.05, 4.69) is 190 Å². The number of aromatic nitrogens is 3. The Bertz CT molecular complexity index is 3070. The Morgan fingerprint density at radius 1 is 0.345 bits per heavy atom. The van der Waals surface area contributed by atoms with Crippen molar-refractivity contribution in [3.63, 3.8) is 0 Å². The molecule has 1 aliphatic carbocycles. The van der Waals surface area contributed by atoms with Crippen molar-refractivity contribution in [1.82, 2.24) is 15.0 Å². The van der Waals surface area contributed by atoms with Crippen LogP contribution < -0.4 is 0 Å². The van der Waals surface area contributed by atoms with Crippen LogP contribution in [0.4, 0.5) is 0 Å². The van der Waals surface area contributed by atoms with Crippen LogP contribution in [0.15, 0.2) is 176 Å². The highest BCUT2D eigenvalue weighted by atomic mass is 15.0. The molecule has 0 fully saturated rings. The molecule has 0 saturated carbocycles. The van der Waals surface area contributed by atoms with Crippen molar-refractivity contribution in [2.75, 3.05) is 0 Å². The monoisotopic (exact) mass is 701 g/mol. The molecule has 11 rings (SSSR count). The van der Waals surface area contributed by atoms with Crippen molar-refractivity contribution in [2.45, 2.75) is 19.3 Å². The molecular weight excluding hydrogens is 667 g/mol. The second-order valence-corrected chi connectivity index (χ2v) is 15.2. The smallest absolute Gasteiger partial charge is 0.164 e. The van der Waals surface area contributed by atoms with Crippen LogP contribution in [0.3, 0.4) is 0 Å². The van der Waals surface area contributed by atoms with E-state index in [1.165, 1.54) is 49.4 Å². The molecule has 0 radical (unpaired) electrons. The number of rotatable bonds is 4. The fourth-order valence-corrected chi connectivity index (χ4v) is 9.06. The van der Waals surface area contributed by atoms with Gasteiger partial charge in [-0.25, -0.2) is 15.0 Å². The molecule has 0 unspecified atom stereocenters. The standard InChI is InChI=1S/C52H35N3/c1-52(2)46-31-36(29-30-45(46)47-41-21-9-7-19-39(41)40-20-8-10-22-42(40)48(47)52)32-25-27-35(28-26-32)49-53-50(43-23-11-15-33-13-3-5-17-37(33)43)55-51(54-49)44-24-12-16-34-14-4-6-18-38(34)44/h3-31H,1-2H3. The van der Waals surface area contributed by atoms with E-state index in [9.17, 15) is 0 Å². The molecule has 0 atom stereocenters. The van der Waals surface area contributed by atoms with Crippen molar-refractivity contribution >= 4 is 43.1 Å². The topological polar surface area (TPSA) is 38.7 Å². The van der Waals surface area contributed by atoms with E-state index in [1.807, 2.05) is 0 Å². The van der Waals surface area contributed by atoms with Crippen LogP contribution in [-0.2, 0) is 5.41 Å². The van der Waals surface area contributed by atoms with Crippen LogP contribution in [0.2, 0.25) is 0 Å². The summed E-state index contributed by atoms with van der Waals surface area (Å²) >= 11 is 0. The summed E-state index contributed by atoms with van der Waals surface area (Å²) in [5, 5.41) is 9.83. The average Bonchev–Trinajstić information content (AvgIpc) is 3.49. The van der Waals surface area contributed by atoms with Crippen molar-refractivity contribution < 1.29 is 0 Å². The minimum absolute atomic E-state index is 0.162.